The Kier molecular flexibility index (Phi) is 12.8. The monoisotopic (exact) mass is 840 g/mol. The van der Waals surface area contributed by atoms with Gasteiger partial charge in [0, 0.05) is 56.2 Å². The molecule has 3 heterocycles. The van der Waals surface area contributed by atoms with Crippen LogP contribution in [-0.4, -0.2) is 96.4 Å². The minimum absolute atomic E-state index is 0.0135. The largest absolute Gasteiger partial charge is 0.492 e. The van der Waals surface area contributed by atoms with Crippen LogP contribution in [0, 0.1) is 11.3 Å². The van der Waals surface area contributed by atoms with Crippen LogP contribution in [0.15, 0.2) is 54.6 Å². The summed E-state index contributed by atoms with van der Waals surface area (Å²) in [5.41, 5.74) is -1.23. The number of nitriles is 1. The van der Waals surface area contributed by atoms with E-state index in [2.05, 4.69) is 25.8 Å². The molecule has 308 valence electrons. The Hall–Kier alpha value is -5.02. The van der Waals surface area contributed by atoms with E-state index < -0.39 is 46.2 Å². The van der Waals surface area contributed by atoms with Gasteiger partial charge < -0.3 is 20.3 Å². The maximum Gasteiger partial charge on any atom is 0.417 e. The molecule has 6 rings (SSSR count). The van der Waals surface area contributed by atoms with E-state index in [9.17, 15) is 37.6 Å². The molecule has 3 aliphatic rings. The third kappa shape index (κ3) is 9.31. The molecule has 0 bridgehead atoms. The summed E-state index contributed by atoms with van der Waals surface area (Å²) in [5.74, 6) is -0.695. The van der Waals surface area contributed by atoms with Gasteiger partial charge in [-0.05, 0) is 86.8 Å². The molecular weight excluding hydrogens is 797 g/mol. The minimum Gasteiger partial charge on any atom is -0.492 e. The topological polar surface area (TPSA) is 150 Å². The molecule has 3 fully saturated rings. The van der Waals surface area contributed by atoms with Gasteiger partial charge in [0.25, 0.3) is 5.91 Å². The van der Waals surface area contributed by atoms with Gasteiger partial charge in [-0.2, -0.15) is 18.4 Å². The number of halogens is 4. The van der Waals surface area contributed by atoms with Crippen molar-refractivity contribution < 1.29 is 37.1 Å². The zero-order chi connectivity index (χ0) is 41.9. The lowest BCUT2D eigenvalue weighted by Gasteiger charge is -2.34. The molecule has 0 aromatic heterocycles. The van der Waals surface area contributed by atoms with E-state index in [1.165, 1.54) is 11.0 Å². The number of alkyl halides is 3. The van der Waals surface area contributed by atoms with Crippen LogP contribution in [0.5, 0.6) is 5.75 Å². The second kappa shape index (κ2) is 17.5. The maximum absolute atomic E-state index is 13.8. The molecule has 2 atom stereocenters. The quantitative estimate of drug-likeness (QED) is 0.136. The van der Waals surface area contributed by atoms with Gasteiger partial charge in [0.05, 0.1) is 34.5 Å². The molecular formula is C40H44ClF3N8O5S. The molecule has 13 nitrogen and oxygen atoms in total. The van der Waals surface area contributed by atoms with Crippen molar-refractivity contribution in [3.05, 3.63) is 76.3 Å². The van der Waals surface area contributed by atoms with E-state index >= 15 is 0 Å². The SMILES string of the molecule is CCc1cc(N2C(S)N(c3ccc(C#N)c(C(F)(F)F)c3)C(=O)C2(C)C)ccc1OCCN1CCN(CC(=O)Nc2cc(NC3CCC(=O)NC3=O)ccc2Cl)CC1. The Morgan fingerprint density at radius 1 is 1.03 bits per heavy atom. The zero-order valence-electron chi connectivity index (χ0n) is 32.2. The van der Waals surface area contributed by atoms with Crippen molar-refractivity contribution >= 4 is 70.6 Å². The Labute approximate surface area is 344 Å². The van der Waals surface area contributed by atoms with Gasteiger partial charge in [-0.3, -0.25) is 39.2 Å². The fraction of sp³-hybridized carbons (Fsp3) is 0.425. The lowest BCUT2D eigenvalue weighted by atomic mass is 10.0. The fourth-order valence-electron chi connectivity index (χ4n) is 7.35. The molecule has 3 N–H and O–H groups in total. The summed E-state index contributed by atoms with van der Waals surface area (Å²) in [4.78, 5) is 57.6. The molecule has 3 aromatic rings. The van der Waals surface area contributed by atoms with Crippen molar-refractivity contribution in [3.8, 4) is 11.8 Å². The number of carbonyl (C=O) groups excluding carboxylic acids is 4. The predicted octanol–water partition coefficient (Wildman–Crippen LogP) is 5.49. The average molecular weight is 841 g/mol. The summed E-state index contributed by atoms with van der Waals surface area (Å²) in [7, 11) is 0. The summed E-state index contributed by atoms with van der Waals surface area (Å²) in [5, 5.41) is 17.9. The highest BCUT2D eigenvalue weighted by Gasteiger charge is 2.52. The summed E-state index contributed by atoms with van der Waals surface area (Å²) < 4.78 is 47.5. The molecule has 3 saturated heterocycles. The van der Waals surface area contributed by atoms with E-state index in [1.807, 2.05) is 19.1 Å². The third-order valence-electron chi connectivity index (χ3n) is 10.5. The maximum atomic E-state index is 13.8. The minimum atomic E-state index is -4.78. The Balaban J connectivity index is 1.00. The first-order valence-corrected chi connectivity index (χ1v) is 19.7. The fourth-order valence-corrected chi connectivity index (χ4v) is 8.18. The average Bonchev–Trinajstić information content (AvgIpc) is 3.36. The Bertz CT molecular complexity index is 2120. The molecule has 18 heteroatoms. The molecule has 58 heavy (non-hydrogen) atoms. The number of piperidine rings is 1. The van der Waals surface area contributed by atoms with Crippen LogP contribution < -0.4 is 30.5 Å². The van der Waals surface area contributed by atoms with Crippen LogP contribution in [0.4, 0.5) is 35.9 Å². The van der Waals surface area contributed by atoms with Gasteiger partial charge in [-0.15, -0.1) is 12.6 Å². The number of carbonyl (C=O) groups is 4. The Morgan fingerprint density at radius 2 is 1.74 bits per heavy atom. The lowest BCUT2D eigenvalue weighted by Crippen LogP contribution is -2.49. The molecule has 0 radical (unpaired) electrons. The first-order chi connectivity index (χ1) is 27.5. The smallest absolute Gasteiger partial charge is 0.417 e. The van der Waals surface area contributed by atoms with Gasteiger partial charge in [0.2, 0.25) is 17.7 Å². The zero-order valence-corrected chi connectivity index (χ0v) is 33.8. The van der Waals surface area contributed by atoms with Crippen LogP contribution in [0.1, 0.15) is 50.3 Å². The van der Waals surface area contributed by atoms with Crippen molar-refractivity contribution in [1.29, 1.82) is 5.26 Å². The number of benzene rings is 3. The molecule has 4 amide bonds. The molecule has 2 unspecified atom stereocenters. The van der Waals surface area contributed by atoms with E-state index in [0.29, 0.717) is 66.9 Å². The number of nitrogens with one attached hydrogen (secondary N) is 3. The summed E-state index contributed by atoms with van der Waals surface area (Å²) in [6, 6.07) is 14.7. The molecule has 0 aliphatic carbocycles. The van der Waals surface area contributed by atoms with Crippen LogP contribution >= 0.6 is 24.2 Å². The molecule has 0 saturated carbocycles. The van der Waals surface area contributed by atoms with Crippen LogP contribution in [-0.2, 0) is 31.8 Å². The lowest BCUT2D eigenvalue weighted by molar-refractivity contribution is -0.138. The first-order valence-electron chi connectivity index (χ1n) is 18.8. The number of hydrogen-bond donors (Lipinski definition) is 4. The second-order valence-electron chi connectivity index (χ2n) is 14.8. The molecule has 3 aliphatic heterocycles. The number of hydrogen-bond acceptors (Lipinski definition) is 11. The predicted molar refractivity (Wildman–Crippen MR) is 217 cm³/mol. The second-order valence-corrected chi connectivity index (χ2v) is 15.7. The van der Waals surface area contributed by atoms with E-state index in [4.69, 9.17) is 29.0 Å². The first kappa shape index (κ1) is 42.6. The normalized spacial score (nSPS) is 20.2. The van der Waals surface area contributed by atoms with Gasteiger partial charge in [-0.1, -0.05) is 18.5 Å². The van der Waals surface area contributed by atoms with Gasteiger partial charge >= 0.3 is 6.18 Å². The number of aryl methyl sites for hydroxylation is 1. The Morgan fingerprint density at radius 3 is 2.41 bits per heavy atom. The number of thiol groups is 1. The number of rotatable bonds is 12. The number of anilines is 4. The van der Waals surface area contributed by atoms with Crippen molar-refractivity contribution in [2.75, 3.05) is 66.3 Å². The van der Waals surface area contributed by atoms with Gasteiger partial charge in [0.1, 0.15) is 23.9 Å². The summed E-state index contributed by atoms with van der Waals surface area (Å²) in [6.07, 6.45) is -3.56. The summed E-state index contributed by atoms with van der Waals surface area (Å²) >= 11 is 11.1. The van der Waals surface area contributed by atoms with Crippen molar-refractivity contribution in [2.24, 2.45) is 0 Å². The van der Waals surface area contributed by atoms with Crippen molar-refractivity contribution in [2.45, 2.75) is 63.3 Å². The number of amides is 4. The summed E-state index contributed by atoms with van der Waals surface area (Å²) in [6.45, 7) is 9.37. The highest BCUT2D eigenvalue weighted by molar-refractivity contribution is 7.81. The number of piperazine rings is 1. The van der Waals surface area contributed by atoms with Crippen LogP contribution in [0.3, 0.4) is 0 Å². The highest BCUT2D eigenvalue weighted by Crippen LogP contribution is 2.43. The standard InChI is InChI=1S/C40H44ClF3N8O5S/c1-4-24-19-28(52-38(58)51(37(56)39(52,2)3)27-7-5-25(22-45)29(21-27)40(42,43)44)8-11-33(24)57-18-17-49-13-15-50(16-14-49)23-35(54)47-32-20-26(6-9-30(32)41)46-31-10-12-34(53)48-36(31)55/h5-9,11,19-21,31,38,46,58H,4,10,12-18,23H2,1-3H3,(H,47,54)(H,48,53,55). The van der Waals surface area contributed by atoms with Gasteiger partial charge in [0.15, 0.2) is 5.50 Å². The number of ether oxygens (including phenoxy) is 1. The van der Waals surface area contributed by atoms with Gasteiger partial charge in [-0.25, -0.2) is 0 Å². The highest BCUT2D eigenvalue weighted by atomic mass is 35.5. The van der Waals surface area contributed by atoms with Crippen molar-refractivity contribution in [3.63, 3.8) is 0 Å². The third-order valence-corrected chi connectivity index (χ3v) is 11.3. The molecule has 3 aromatic carbocycles. The number of nitrogens with zero attached hydrogens (tertiary/aromatic N) is 5. The molecule has 0 spiro atoms. The van der Waals surface area contributed by atoms with Crippen LogP contribution in [0.25, 0.3) is 0 Å². The van der Waals surface area contributed by atoms with E-state index in [0.717, 1.165) is 30.8 Å². The van der Waals surface area contributed by atoms with Crippen molar-refractivity contribution in [1.82, 2.24) is 15.1 Å². The van der Waals surface area contributed by atoms with Crippen LogP contribution in [0.2, 0.25) is 5.02 Å². The van der Waals surface area contributed by atoms with E-state index in [-0.39, 0.29) is 30.5 Å². The van der Waals surface area contributed by atoms with E-state index in [1.54, 1.807) is 49.1 Å². The number of imide groups is 1.